The summed E-state index contributed by atoms with van der Waals surface area (Å²) >= 11 is 9.98. The second-order valence-electron chi connectivity index (χ2n) is 6.52. The molecule has 28 heavy (non-hydrogen) atoms. The number of hydrogen-bond donors (Lipinski definition) is 0. The highest BCUT2D eigenvalue weighted by Crippen LogP contribution is 2.39. The zero-order valence-corrected chi connectivity index (χ0v) is 19.6. The van der Waals surface area contributed by atoms with Gasteiger partial charge in [-0.15, -0.1) is 0 Å². The van der Waals surface area contributed by atoms with Crippen LogP contribution in [-0.4, -0.2) is 50.1 Å². The molecule has 2 aromatic carbocycles. The highest BCUT2D eigenvalue weighted by atomic mass is 127. The van der Waals surface area contributed by atoms with Gasteiger partial charge >= 0.3 is 0 Å². The van der Waals surface area contributed by atoms with Gasteiger partial charge < -0.3 is 9.64 Å². The lowest BCUT2D eigenvalue weighted by molar-refractivity contribution is 0.0985. The molecule has 0 radical (unpaired) electrons. The van der Waals surface area contributed by atoms with Crippen LogP contribution < -0.4 is 9.64 Å². The Balaban J connectivity index is 2.03. The molecule has 0 saturated heterocycles. The summed E-state index contributed by atoms with van der Waals surface area (Å²) in [5.74, 6) is 0.592. The van der Waals surface area contributed by atoms with Crippen LogP contribution in [0.3, 0.4) is 0 Å². The molecule has 0 N–H and O–H groups in total. The largest absolute Gasteiger partial charge is 0.494 e. The van der Waals surface area contributed by atoms with Crippen LogP contribution in [0.1, 0.15) is 16.8 Å². The topological polar surface area (TPSA) is 45.7 Å². The molecule has 0 bridgehead atoms. The van der Waals surface area contributed by atoms with Gasteiger partial charge in [0.2, 0.25) is 0 Å². The van der Waals surface area contributed by atoms with Gasteiger partial charge in [0.05, 0.1) is 22.4 Å². The minimum Gasteiger partial charge on any atom is -0.494 e. The number of benzene rings is 2. The maximum Gasteiger partial charge on any atom is 0.261 e. The minimum atomic E-state index is -0.0575. The Kier molecular flexibility index (Phi) is 7.14. The average molecular weight is 530 g/mol. The molecule has 0 atom stereocenters. The number of thiazole rings is 1. The van der Waals surface area contributed by atoms with Crippen molar-refractivity contribution in [1.29, 1.82) is 0 Å². The fourth-order valence-electron chi connectivity index (χ4n) is 2.83. The van der Waals surface area contributed by atoms with Gasteiger partial charge in [0.15, 0.2) is 5.13 Å². The third-order valence-electron chi connectivity index (χ3n) is 4.23. The van der Waals surface area contributed by atoms with Gasteiger partial charge in [-0.2, -0.15) is 0 Å². The number of amides is 1. The number of rotatable bonds is 7. The highest BCUT2D eigenvalue weighted by molar-refractivity contribution is 14.1. The second-order valence-corrected chi connectivity index (χ2v) is 9.06. The number of anilines is 1. The zero-order chi connectivity index (χ0) is 20.3. The van der Waals surface area contributed by atoms with E-state index in [4.69, 9.17) is 21.3 Å². The number of ether oxygens (including phenoxy) is 1. The Labute approximate surface area is 187 Å². The van der Waals surface area contributed by atoms with Crippen LogP contribution in [0.5, 0.6) is 5.75 Å². The molecule has 3 aromatic rings. The maximum atomic E-state index is 13.4. The van der Waals surface area contributed by atoms with E-state index in [1.54, 1.807) is 24.1 Å². The van der Waals surface area contributed by atoms with Gasteiger partial charge in [-0.25, -0.2) is 4.98 Å². The van der Waals surface area contributed by atoms with Crippen LogP contribution in [0.15, 0.2) is 36.4 Å². The fourth-order valence-corrected chi connectivity index (χ4v) is 4.73. The Hall–Kier alpha value is -1.42. The molecule has 3 rings (SSSR count). The fraction of sp³-hybridized carbons (Fsp3) is 0.300. The lowest BCUT2D eigenvalue weighted by Gasteiger charge is -2.21. The van der Waals surface area contributed by atoms with E-state index >= 15 is 0 Å². The van der Waals surface area contributed by atoms with E-state index < -0.39 is 0 Å². The van der Waals surface area contributed by atoms with Gasteiger partial charge in [-0.3, -0.25) is 9.69 Å². The smallest absolute Gasteiger partial charge is 0.261 e. The summed E-state index contributed by atoms with van der Waals surface area (Å²) in [6.45, 7) is 1.45. The van der Waals surface area contributed by atoms with E-state index in [0.29, 0.717) is 33.5 Å². The Morgan fingerprint density at radius 1 is 1.21 bits per heavy atom. The van der Waals surface area contributed by atoms with Crippen LogP contribution in [0, 0.1) is 3.57 Å². The van der Waals surface area contributed by atoms with Crippen LogP contribution in [-0.2, 0) is 0 Å². The molecule has 0 unspecified atom stereocenters. The second kappa shape index (κ2) is 9.39. The lowest BCUT2D eigenvalue weighted by Crippen LogP contribution is -2.33. The van der Waals surface area contributed by atoms with Gasteiger partial charge in [-0.1, -0.05) is 35.1 Å². The van der Waals surface area contributed by atoms with Crippen LogP contribution in [0.2, 0.25) is 5.02 Å². The maximum absolute atomic E-state index is 13.4. The molecule has 0 aliphatic rings. The third kappa shape index (κ3) is 4.59. The molecule has 0 fully saturated rings. The standard InChI is InChI=1S/C20H21ClIN3O2S/c1-24(2)11-6-12-25(19(26)13-7-4-5-8-15(13)22)20-23-17-16(27-3)10-9-14(21)18(17)28-20/h4-5,7-10H,6,11-12H2,1-3H3. The number of carbonyl (C=O) groups excluding carboxylic acids is 1. The van der Waals surface area contributed by atoms with Crippen LogP contribution >= 0.6 is 45.5 Å². The summed E-state index contributed by atoms with van der Waals surface area (Å²) in [6.07, 6.45) is 0.836. The van der Waals surface area contributed by atoms with E-state index in [2.05, 4.69) is 27.5 Å². The van der Waals surface area contributed by atoms with Gasteiger partial charge in [0.1, 0.15) is 11.3 Å². The van der Waals surface area contributed by atoms with Crippen molar-refractivity contribution in [2.45, 2.75) is 6.42 Å². The number of aromatic nitrogens is 1. The monoisotopic (exact) mass is 529 g/mol. The Morgan fingerprint density at radius 3 is 2.64 bits per heavy atom. The SMILES string of the molecule is COc1ccc(Cl)c2sc(N(CCCN(C)C)C(=O)c3ccccc3I)nc12. The number of nitrogens with zero attached hydrogens (tertiary/aromatic N) is 3. The number of methoxy groups -OCH3 is 1. The van der Waals surface area contributed by atoms with E-state index in [1.807, 2.05) is 38.4 Å². The van der Waals surface area contributed by atoms with Crippen LogP contribution in [0.25, 0.3) is 10.2 Å². The predicted molar refractivity (Wildman–Crippen MR) is 125 cm³/mol. The van der Waals surface area contributed by atoms with Crippen molar-refractivity contribution in [2.75, 3.05) is 39.2 Å². The minimum absolute atomic E-state index is 0.0575. The van der Waals surface area contributed by atoms with Gasteiger partial charge in [0, 0.05) is 10.1 Å². The quantitative estimate of drug-likeness (QED) is 0.397. The van der Waals surface area contributed by atoms with E-state index in [9.17, 15) is 4.79 Å². The molecule has 0 aliphatic heterocycles. The summed E-state index contributed by atoms with van der Waals surface area (Å²) in [5, 5.41) is 1.24. The normalized spacial score (nSPS) is 11.2. The molecule has 1 heterocycles. The molecule has 148 valence electrons. The summed E-state index contributed by atoms with van der Waals surface area (Å²) in [7, 11) is 5.65. The molecular weight excluding hydrogens is 509 g/mol. The van der Waals surface area contributed by atoms with Crippen molar-refractivity contribution in [3.05, 3.63) is 50.6 Å². The first kappa shape index (κ1) is 21.3. The third-order valence-corrected chi connectivity index (χ3v) is 6.71. The van der Waals surface area contributed by atoms with E-state index in [0.717, 1.165) is 21.2 Å². The number of halogens is 2. The predicted octanol–water partition coefficient (Wildman–Crippen LogP) is 5.16. The van der Waals surface area contributed by atoms with Crippen molar-refractivity contribution in [3.8, 4) is 5.75 Å². The van der Waals surface area contributed by atoms with Gasteiger partial charge in [-0.05, 0) is 73.9 Å². The van der Waals surface area contributed by atoms with Crippen molar-refractivity contribution < 1.29 is 9.53 Å². The molecule has 1 aromatic heterocycles. The number of carbonyl (C=O) groups is 1. The molecule has 0 aliphatic carbocycles. The first-order valence-electron chi connectivity index (χ1n) is 8.76. The Bertz CT molecular complexity index is 993. The molecule has 8 heteroatoms. The summed E-state index contributed by atoms with van der Waals surface area (Å²) < 4.78 is 7.17. The first-order chi connectivity index (χ1) is 13.4. The summed E-state index contributed by atoms with van der Waals surface area (Å²) in [6, 6.07) is 11.2. The lowest BCUT2D eigenvalue weighted by atomic mass is 10.2. The van der Waals surface area contributed by atoms with Gasteiger partial charge in [0.25, 0.3) is 5.91 Å². The van der Waals surface area contributed by atoms with Crippen molar-refractivity contribution in [1.82, 2.24) is 9.88 Å². The van der Waals surface area contributed by atoms with Crippen LogP contribution in [0.4, 0.5) is 5.13 Å². The molecular formula is C20H21ClIN3O2S. The highest BCUT2D eigenvalue weighted by Gasteiger charge is 2.24. The Morgan fingerprint density at radius 2 is 1.96 bits per heavy atom. The van der Waals surface area contributed by atoms with Crippen molar-refractivity contribution in [2.24, 2.45) is 0 Å². The summed E-state index contributed by atoms with van der Waals surface area (Å²) in [4.78, 5) is 21.9. The van der Waals surface area contributed by atoms with E-state index in [-0.39, 0.29) is 5.91 Å². The first-order valence-corrected chi connectivity index (χ1v) is 11.0. The van der Waals surface area contributed by atoms with E-state index in [1.165, 1.54) is 11.3 Å². The molecule has 0 spiro atoms. The molecule has 1 amide bonds. The number of fused-ring (bicyclic) bond motifs is 1. The number of hydrogen-bond acceptors (Lipinski definition) is 5. The molecule has 0 saturated carbocycles. The van der Waals surface area contributed by atoms with Crippen molar-refractivity contribution in [3.63, 3.8) is 0 Å². The molecule has 5 nitrogen and oxygen atoms in total. The summed E-state index contributed by atoms with van der Waals surface area (Å²) in [5.41, 5.74) is 1.36. The zero-order valence-electron chi connectivity index (χ0n) is 15.9. The van der Waals surface area contributed by atoms with Crippen molar-refractivity contribution >= 4 is 66.8 Å². The average Bonchev–Trinajstić information content (AvgIpc) is 3.11.